The minimum absolute atomic E-state index is 0.221. The van der Waals surface area contributed by atoms with E-state index >= 15 is 0 Å². The second-order valence-corrected chi connectivity index (χ2v) is 6.51. The van der Waals surface area contributed by atoms with Crippen LogP contribution in [0, 0.1) is 0 Å². The van der Waals surface area contributed by atoms with Crippen molar-refractivity contribution in [3.63, 3.8) is 0 Å². The minimum Gasteiger partial charge on any atom is -0.321 e. The van der Waals surface area contributed by atoms with E-state index in [9.17, 15) is 4.79 Å². The molecule has 0 spiro atoms. The monoisotopic (exact) mass is 361 g/mol. The highest BCUT2D eigenvalue weighted by atomic mass is 32.1. The molecule has 0 aliphatic rings. The van der Waals surface area contributed by atoms with Gasteiger partial charge in [0, 0.05) is 16.6 Å². The second-order valence-electron chi connectivity index (χ2n) is 5.65. The molecule has 1 N–H and O–H groups in total. The Kier molecular flexibility index (Phi) is 4.53. The van der Waals surface area contributed by atoms with Gasteiger partial charge in [-0.3, -0.25) is 4.79 Å². The van der Waals surface area contributed by atoms with Gasteiger partial charge in [0.2, 0.25) is 0 Å². The molecule has 0 unspecified atom stereocenters. The average Bonchev–Trinajstić information content (AvgIpc) is 3.35. The molecule has 6 nitrogen and oxygen atoms in total. The van der Waals surface area contributed by atoms with Crippen molar-refractivity contribution in [1.82, 2.24) is 19.7 Å². The molecule has 0 aliphatic carbocycles. The molecule has 26 heavy (non-hydrogen) atoms. The zero-order valence-electron chi connectivity index (χ0n) is 13.7. The minimum atomic E-state index is -0.221. The van der Waals surface area contributed by atoms with Gasteiger partial charge in [-0.2, -0.15) is 5.10 Å². The number of aromatic nitrogens is 4. The Morgan fingerprint density at radius 2 is 2.00 bits per heavy atom. The SMILES string of the molecule is O=C(Nc1cccc(Cn2cncn2)c1)c1csc(-c2ccccc2)n1. The molecule has 2 heterocycles. The van der Waals surface area contributed by atoms with Gasteiger partial charge in [-0.05, 0) is 17.7 Å². The van der Waals surface area contributed by atoms with Gasteiger partial charge in [0.1, 0.15) is 23.4 Å². The quantitative estimate of drug-likeness (QED) is 0.588. The lowest BCUT2D eigenvalue weighted by Gasteiger charge is -2.06. The van der Waals surface area contributed by atoms with Crippen molar-refractivity contribution in [2.45, 2.75) is 6.54 Å². The molecule has 1 amide bonds. The lowest BCUT2D eigenvalue weighted by Crippen LogP contribution is -2.12. The van der Waals surface area contributed by atoms with Crippen molar-refractivity contribution < 1.29 is 4.79 Å². The van der Waals surface area contributed by atoms with Crippen molar-refractivity contribution >= 4 is 22.9 Å². The van der Waals surface area contributed by atoms with Gasteiger partial charge in [-0.1, -0.05) is 42.5 Å². The largest absolute Gasteiger partial charge is 0.321 e. The van der Waals surface area contributed by atoms with E-state index < -0.39 is 0 Å². The summed E-state index contributed by atoms with van der Waals surface area (Å²) in [5.41, 5.74) is 3.17. The van der Waals surface area contributed by atoms with Crippen LogP contribution in [0.3, 0.4) is 0 Å². The average molecular weight is 361 g/mol. The van der Waals surface area contributed by atoms with Crippen LogP contribution < -0.4 is 5.32 Å². The molecular weight excluding hydrogens is 346 g/mol. The molecule has 0 atom stereocenters. The van der Waals surface area contributed by atoms with Gasteiger partial charge in [-0.15, -0.1) is 11.3 Å². The molecule has 0 radical (unpaired) electrons. The number of hydrogen-bond donors (Lipinski definition) is 1. The number of rotatable bonds is 5. The Bertz CT molecular complexity index is 1010. The highest BCUT2D eigenvalue weighted by Gasteiger charge is 2.12. The van der Waals surface area contributed by atoms with Crippen LogP contribution in [0.15, 0.2) is 72.6 Å². The third-order valence-electron chi connectivity index (χ3n) is 3.75. The molecule has 4 rings (SSSR count). The number of anilines is 1. The first kappa shape index (κ1) is 16.2. The van der Waals surface area contributed by atoms with Crippen LogP contribution in [0.4, 0.5) is 5.69 Å². The Balaban J connectivity index is 1.47. The molecule has 0 bridgehead atoms. The second kappa shape index (κ2) is 7.28. The van der Waals surface area contributed by atoms with E-state index in [1.165, 1.54) is 17.7 Å². The molecule has 4 aromatic rings. The summed E-state index contributed by atoms with van der Waals surface area (Å²) < 4.78 is 1.73. The lowest BCUT2D eigenvalue weighted by atomic mass is 10.2. The van der Waals surface area contributed by atoms with Crippen molar-refractivity contribution in [2.24, 2.45) is 0 Å². The zero-order chi connectivity index (χ0) is 17.8. The van der Waals surface area contributed by atoms with E-state index in [0.29, 0.717) is 12.2 Å². The molecule has 0 aliphatic heterocycles. The summed E-state index contributed by atoms with van der Waals surface area (Å²) in [4.78, 5) is 20.9. The topological polar surface area (TPSA) is 72.7 Å². The summed E-state index contributed by atoms with van der Waals surface area (Å²) in [6, 6.07) is 17.5. The fraction of sp³-hybridized carbons (Fsp3) is 0.0526. The summed E-state index contributed by atoms with van der Waals surface area (Å²) in [5.74, 6) is -0.221. The van der Waals surface area contributed by atoms with Crippen molar-refractivity contribution in [3.05, 3.63) is 83.9 Å². The third kappa shape index (κ3) is 3.68. The lowest BCUT2D eigenvalue weighted by molar-refractivity contribution is 0.102. The van der Waals surface area contributed by atoms with Gasteiger partial charge >= 0.3 is 0 Å². The molecule has 7 heteroatoms. The Morgan fingerprint density at radius 1 is 1.12 bits per heavy atom. The Labute approximate surface area is 154 Å². The number of nitrogens with one attached hydrogen (secondary N) is 1. The number of amides is 1. The summed E-state index contributed by atoms with van der Waals surface area (Å²) in [7, 11) is 0. The molecule has 2 aromatic heterocycles. The van der Waals surface area contributed by atoms with Crippen LogP contribution >= 0.6 is 11.3 Å². The normalized spacial score (nSPS) is 10.6. The third-order valence-corrected chi connectivity index (χ3v) is 4.64. The highest BCUT2D eigenvalue weighted by molar-refractivity contribution is 7.13. The summed E-state index contributed by atoms with van der Waals surface area (Å²) in [6.07, 6.45) is 3.16. The Hall–Kier alpha value is -3.32. The van der Waals surface area contributed by atoms with E-state index in [1.807, 2.05) is 54.6 Å². The molecule has 0 fully saturated rings. The van der Waals surface area contributed by atoms with Crippen LogP contribution in [-0.2, 0) is 6.54 Å². The van der Waals surface area contributed by atoms with E-state index in [2.05, 4.69) is 20.4 Å². The standard InChI is InChI=1S/C19H15N5OS/c25-18(17-11-26-19(23-17)15-6-2-1-3-7-15)22-16-8-4-5-14(9-16)10-24-13-20-12-21-24/h1-9,11-13H,10H2,(H,22,25). The molecular formula is C19H15N5OS. The molecule has 2 aromatic carbocycles. The number of nitrogens with zero attached hydrogens (tertiary/aromatic N) is 4. The highest BCUT2D eigenvalue weighted by Crippen LogP contribution is 2.23. The number of hydrogen-bond acceptors (Lipinski definition) is 5. The van der Waals surface area contributed by atoms with Crippen LogP contribution in [0.2, 0.25) is 0 Å². The maximum absolute atomic E-state index is 12.5. The van der Waals surface area contributed by atoms with E-state index in [4.69, 9.17) is 0 Å². The molecule has 0 saturated heterocycles. The predicted molar refractivity (Wildman–Crippen MR) is 101 cm³/mol. The van der Waals surface area contributed by atoms with Crippen molar-refractivity contribution in [3.8, 4) is 10.6 Å². The van der Waals surface area contributed by atoms with E-state index in [0.717, 1.165) is 21.8 Å². The van der Waals surface area contributed by atoms with Gasteiger partial charge in [-0.25, -0.2) is 14.6 Å². The van der Waals surface area contributed by atoms with Gasteiger partial charge in [0.05, 0.1) is 6.54 Å². The van der Waals surface area contributed by atoms with Gasteiger partial charge in [0.25, 0.3) is 5.91 Å². The van der Waals surface area contributed by atoms with Crippen molar-refractivity contribution in [1.29, 1.82) is 0 Å². The number of thiazole rings is 1. The smallest absolute Gasteiger partial charge is 0.275 e. The maximum Gasteiger partial charge on any atom is 0.275 e. The summed E-state index contributed by atoms with van der Waals surface area (Å²) >= 11 is 1.46. The van der Waals surface area contributed by atoms with Gasteiger partial charge in [0.15, 0.2) is 0 Å². The molecule has 0 saturated carbocycles. The van der Waals surface area contributed by atoms with Crippen LogP contribution in [0.1, 0.15) is 16.1 Å². The fourth-order valence-corrected chi connectivity index (χ4v) is 3.34. The summed E-state index contributed by atoms with van der Waals surface area (Å²) in [5, 5.41) is 9.60. The van der Waals surface area contributed by atoms with Crippen LogP contribution in [0.25, 0.3) is 10.6 Å². The fourth-order valence-electron chi connectivity index (χ4n) is 2.54. The summed E-state index contributed by atoms with van der Waals surface area (Å²) in [6.45, 7) is 0.596. The maximum atomic E-state index is 12.5. The number of carbonyl (C=O) groups is 1. The van der Waals surface area contributed by atoms with Crippen LogP contribution in [-0.4, -0.2) is 25.7 Å². The van der Waals surface area contributed by atoms with Crippen LogP contribution in [0.5, 0.6) is 0 Å². The van der Waals surface area contributed by atoms with E-state index in [-0.39, 0.29) is 5.91 Å². The predicted octanol–water partition coefficient (Wildman–Crippen LogP) is 3.70. The first-order valence-electron chi connectivity index (χ1n) is 8.01. The molecule has 128 valence electrons. The van der Waals surface area contributed by atoms with Crippen molar-refractivity contribution in [2.75, 3.05) is 5.32 Å². The number of carbonyl (C=O) groups excluding carboxylic acids is 1. The first-order chi connectivity index (χ1) is 12.8. The zero-order valence-corrected chi connectivity index (χ0v) is 14.6. The Morgan fingerprint density at radius 3 is 2.81 bits per heavy atom. The number of benzene rings is 2. The van der Waals surface area contributed by atoms with E-state index in [1.54, 1.807) is 16.4 Å². The first-order valence-corrected chi connectivity index (χ1v) is 8.89. The van der Waals surface area contributed by atoms with Gasteiger partial charge < -0.3 is 5.32 Å².